The van der Waals surface area contributed by atoms with Crippen LogP contribution in [0.15, 0.2) is 36.7 Å². The van der Waals surface area contributed by atoms with Crippen molar-refractivity contribution in [1.29, 1.82) is 5.26 Å². The molecule has 0 atom stereocenters. The van der Waals surface area contributed by atoms with Gasteiger partial charge in [0.2, 0.25) is 0 Å². The Morgan fingerprint density at radius 3 is 2.72 bits per heavy atom. The minimum atomic E-state index is -1.09. The third kappa shape index (κ3) is 2.31. The van der Waals surface area contributed by atoms with E-state index in [-0.39, 0.29) is 10.6 Å². The molecule has 0 saturated heterocycles. The Morgan fingerprint density at radius 1 is 1.28 bits per heavy atom. The first-order chi connectivity index (χ1) is 8.61. The number of aromatic nitrogens is 1. The molecule has 0 aliphatic heterocycles. The molecular formula is C13H7ClN2O2. The first-order valence-corrected chi connectivity index (χ1v) is 5.38. The summed E-state index contributed by atoms with van der Waals surface area (Å²) in [5.41, 5.74) is 1.77. The van der Waals surface area contributed by atoms with E-state index in [1.165, 1.54) is 18.3 Å². The molecule has 0 saturated carbocycles. The van der Waals surface area contributed by atoms with Crippen molar-refractivity contribution in [1.82, 2.24) is 4.98 Å². The summed E-state index contributed by atoms with van der Waals surface area (Å²) >= 11 is 5.79. The fourth-order valence-corrected chi connectivity index (χ4v) is 1.73. The highest BCUT2D eigenvalue weighted by molar-refractivity contribution is 6.33. The molecule has 2 rings (SSSR count). The zero-order valence-electron chi connectivity index (χ0n) is 9.09. The highest BCUT2D eigenvalue weighted by Gasteiger charge is 2.10. The number of hydrogen-bond donors (Lipinski definition) is 1. The monoisotopic (exact) mass is 258 g/mol. The Morgan fingerprint density at radius 2 is 2.06 bits per heavy atom. The van der Waals surface area contributed by atoms with Crippen molar-refractivity contribution in [2.45, 2.75) is 0 Å². The quantitative estimate of drug-likeness (QED) is 0.899. The molecular weight excluding hydrogens is 252 g/mol. The van der Waals surface area contributed by atoms with Gasteiger partial charge in [0, 0.05) is 18.0 Å². The minimum absolute atomic E-state index is 0.0246. The second-order valence-corrected chi connectivity index (χ2v) is 3.98. The van der Waals surface area contributed by atoms with E-state index in [2.05, 4.69) is 4.98 Å². The third-order valence-corrected chi connectivity index (χ3v) is 2.73. The van der Waals surface area contributed by atoms with E-state index in [0.29, 0.717) is 16.7 Å². The van der Waals surface area contributed by atoms with Crippen molar-refractivity contribution in [2.75, 3.05) is 0 Å². The number of pyridine rings is 1. The molecule has 1 aromatic heterocycles. The summed E-state index contributed by atoms with van der Waals surface area (Å²) in [6, 6.07) is 8.28. The van der Waals surface area contributed by atoms with Gasteiger partial charge in [0.05, 0.1) is 16.1 Å². The minimum Gasteiger partial charge on any atom is -0.478 e. The SMILES string of the molecule is N#Cc1cncc(-c2ccc(Cl)c(C(=O)O)c2)c1. The van der Waals surface area contributed by atoms with Gasteiger partial charge >= 0.3 is 5.97 Å². The number of carboxylic acids is 1. The molecule has 1 heterocycles. The number of rotatable bonds is 2. The first kappa shape index (κ1) is 12.1. The van der Waals surface area contributed by atoms with E-state index >= 15 is 0 Å². The largest absolute Gasteiger partial charge is 0.478 e. The predicted molar refractivity (Wildman–Crippen MR) is 66.4 cm³/mol. The number of carbonyl (C=O) groups is 1. The maximum atomic E-state index is 11.0. The lowest BCUT2D eigenvalue weighted by Gasteiger charge is -2.04. The number of aromatic carboxylic acids is 1. The maximum absolute atomic E-state index is 11.0. The number of nitrogens with zero attached hydrogens (tertiary/aromatic N) is 2. The predicted octanol–water partition coefficient (Wildman–Crippen LogP) is 2.97. The van der Waals surface area contributed by atoms with Gasteiger partial charge in [0.15, 0.2) is 0 Å². The van der Waals surface area contributed by atoms with Crippen molar-refractivity contribution >= 4 is 17.6 Å². The fourth-order valence-electron chi connectivity index (χ4n) is 1.53. The molecule has 0 radical (unpaired) electrons. The number of carboxylic acid groups (broad SMARTS) is 1. The van der Waals surface area contributed by atoms with E-state index in [1.807, 2.05) is 6.07 Å². The number of halogens is 1. The van der Waals surface area contributed by atoms with E-state index in [1.54, 1.807) is 18.3 Å². The molecule has 0 aliphatic rings. The molecule has 1 aromatic carbocycles. The molecule has 4 nitrogen and oxygen atoms in total. The molecule has 5 heteroatoms. The molecule has 18 heavy (non-hydrogen) atoms. The van der Waals surface area contributed by atoms with Crippen LogP contribution >= 0.6 is 11.6 Å². The molecule has 0 aliphatic carbocycles. The van der Waals surface area contributed by atoms with Gasteiger partial charge in [-0.25, -0.2) is 4.79 Å². The summed E-state index contributed by atoms with van der Waals surface area (Å²) < 4.78 is 0. The zero-order chi connectivity index (χ0) is 13.1. The molecule has 0 amide bonds. The van der Waals surface area contributed by atoms with Gasteiger partial charge in [-0.2, -0.15) is 5.26 Å². The summed E-state index contributed by atoms with van der Waals surface area (Å²) in [4.78, 5) is 14.9. The maximum Gasteiger partial charge on any atom is 0.337 e. The van der Waals surface area contributed by atoms with Crippen LogP contribution in [0.1, 0.15) is 15.9 Å². The topological polar surface area (TPSA) is 74.0 Å². The normalized spacial score (nSPS) is 9.78. The molecule has 0 fully saturated rings. The Kier molecular flexibility index (Phi) is 3.26. The Labute approximate surface area is 108 Å². The van der Waals surface area contributed by atoms with Crippen LogP contribution < -0.4 is 0 Å². The number of hydrogen-bond acceptors (Lipinski definition) is 3. The van der Waals surface area contributed by atoms with Gasteiger partial charge in [0.1, 0.15) is 6.07 Å². The van der Waals surface area contributed by atoms with E-state index in [4.69, 9.17) is 22.0 Å². The Hall–Kier alpha value is -2.38. The van der Waals surface area contributed by atoms with Crippen molar-refractivity contribution in [3.05, 3.63) is 52.8 Å². The average Bonchev–Trinajstić information content (AvgIpc) is 2.39. The highest BCUT2D eigenvalue weighted by atomic mass is 35.5. The second kappa shape index (κ2) is 4.86. The van der Waals surface area contributed by atoms with E-state index in [0.717, 1.165) is 0 Å². The lowest BCUT2D eigenvalue weighted by molar-refractivity contribution is 0.0697. The Balaban J connectivity index is 2.54. The van der Waals surface area contributed by atoms with Crippen molar-refractivity contribution in [3.8, 4) is 17.2 Å². The zero-order valence-corrected chi connectivity index (χ0v) is 9.85. The van der Waals surface area contributed by atoms with Crippen LogP contribution in [0.4, 0.5) is 0 Å². The Bertz CT molecular complexity index is 662. The molecule has 0 unspecified atom stereocenters. The summed E-state index contributed by atoms with van der Waals surface area (Å²) in [7, 11) is 0. The molecule has 88 valence electrons. The standard InChI is InChI=1S/C13H7ClN2O2/c14-12-2-1-9(4-11(12)13(17)18)10-3-8(5-15)6-16-7-10/h1-4,6-7H,(H,17,18). The van der Waals surface area contributed by atoms with Gasteiger partial charge in [-0.1, -0.05) is 17.7 Å². The van der Waals surface area contributed by atoms with Crippen molar-refractivity contribution in [2.24, 2.45) is 0 Å². The van der Waals surface area contributed by atoms with Crippen LogP contribution in [0.2, 0.25) is 5.02 Å². The lowest BCUT2D eigenvalue weighted by Crippen LogP contribution is -1.97. The van der Waals surface area contributed by atoms with Gasteiger partial charge in [-0.3, -0.25) is 4.98 Å². The van der Waals surface area contributed by atoms with Gasteiger partial charge in [-0.15, -0.1) is 0 Å². The molecule has 0 bridgehead atoms. The van der Waals surface area contributed by atoms with Crippen LogP contribution in [0.3, 0.4) is 0 Å². The third-order valence-electron chi connectivity index (χ3n) is 2.40. The van der Waals surface area contributed by atoms with Crippen LogP contribution in [0.5, 0.6) is 0 Å². The number of nitriles is 1. The smallest absolute Gasteiger partial charge is 0.337 e. The number of benzene rings is 1. The molecule has 1 N–H and O–H groups in total. The van der Waals surface area contributed by atoms with Crippen LogP contribution in [-0.4, -0.2) is 16.1 Å². The summed E-state index contributed by atoms with van der Waals surface area (Å²) in [5, 5.41) is 18.0. The molecule has 0 spiro atoms. The fraction of sp³-hybridized carbons (Fsp3) is 0. The molecule has 2 aromatic rings. The van der Waals surface area contributed by atoms with Crippen LogP contribution in [-0.2, 0) is 0 Å². The first-order valence-electron chi connectivity index (χ1n) is 5.00. The lowest BCUT2D eigenvalue weighted by atomic mass is 10.0. The van der Waals surface area contributed by atoms with Crippen molar-refractivity contribution < 1.29 is 9.90 Å². The average molecular weight is 259 g/mol. The summed E-state index contributed by atoms with van der Waals surface area (Å²) in [6.45, 7) is 0. The van der Waals surface area contributed by atoms with E-state index < -0.39 is 5.97 Å². The van der Waals surface area contributed by atoms with Gasteiger partial charge in [0.25, 0.3) is 0 Å². The van der Waals surface area contributed by atoms with Gasteiger partial charge in [-0.05, 0) is 23.8 Å². The summed E-state index contributed by atoms with van der Waals surface area (Å²) in [6.07, 6.45) is 3.01. The summed E-state index contributed by atoms with van der Waals surface area (Å²) in [5.74, 6) is -1.09. The van der Waals surface area contributed by atoms with Crippen LogP contribution in [0, 0.1) is 11.3 Å². The van der Waals surface area contributed by atoms with Crippen molar-refractivity contribution in [3.63, 3.8) is 0 Å². The highest BCUT2D eigenvalue weighted by Crippen LogP contribution is 2.25. The van der Waals surface area contributed by atoms with Crippen LogP contribution in [0.25, 0.3) is 11.1 Å². The second-order valence-electron chi connectivity index (χ2n) is 3.57. The van der Waals surface area contributed by atoms with Gasteiger partial charge < -0.3 is 5.11 Å². The van der Waals surface area contributed by atoms with E-state index in [9.17, 15) is 4.79 Å².